The van der Waals surface area contributed by atoms with Gasteiger partial charge in [-0.2, -0.15) is 0 Å². The number of nitrogens with zero attached hydrogens (tertiary/aromatic N) is 1. The summed E-state index contributed by atoms with van der Waals surface area (Å²) in [6.45, 7) is 0.313. The van der Waals surface area contributed by atoms with E-state index in [1.54, 1.807) is 12.1 Å². The van der Waals surface area contributed by atoms with Gasteiger partial charge in [-0.3, -0.25) is 14.9 Å². The number of hydrogen-bond acceptors (Lipinski definition) is 5. The summed E-state index contributed by atoms with van der Waals surface area (Å²) in [5.74, 6) is 0.559. The van der Waals surface area contributed by atoms with Crippen LogP contribution in [0.25, 0.3) is 6.08 Å². The third-order valence-corrected chi connectivity index (χ3v) is 5.41. The zero-order chi connectivity index (χ0) is 20.2. The minimum absolute atomic E-state index is 0.0541. The van der Waals surface area contributed by atoms with Crippen molar-refractivity contribution in [3.05, 3.63) is 98.9 Å². The maximum Gasteiger partial charge on any atom is 0.269 e. The highest BCUT2D eigenvalue weighted by Gasteiger charge is 2.20. The van der Waals surface area contributed by atoms with Gasteiger partial charge in [0.25, 0.3) is 11.6 Å². The SMILES string of the molecule is O=C1Nc2ccccc2S/C1=C\c1ccc(OCc2ccc([N+](=O)[O-])cc2)cc1. The Morgan fingerprint density at radius 3 is 2.45 bits per heavy atom. The highest BCUT2D eigenvalue weighted by Crippen LogP contribution is 2.38. The zero-order valence-electron chi connectivity index (χ0n) is 15.2. The van der Waals surface area contributed by atoms with Gasteiger partial charge in [-0.15, -0.1) is 0 Å². The van der Waals surface area contributed by atoms with Crippen molar-refractivity contribution >= 4 is 35.1 Å². The Labute approximate surface area is 171 Å². The molecule has 0 aromatic heterocycles. The molecule has 0 spiro atoms. The Hall–Kier alpha value is -3.58. The maximum atomic E-state index is 12.3. The Balaban J connectivity index is 1.41. The predicted octanol–water partition coefficient (Wildman–Crippen LogP) is 5.26. The molecule has 0 bridgehead atoms. The summed E-state index contributed by atoms with van der Waals surface area (Å²) in [6.07, 6.45) is 1.84. The number of rotatable bonds is 5. The number of nitrogens with one attached hydrogen (secondary N) is 1. The Morgan fingerprint density at radius 1 is 1.00 bits per heavy atom. The van der Waals surface area contributed by atoms with Gasteiger partial charge in [0.2, 0.25) is 0 Å². The van der Waals surface area contributed by atoms with E-state index >= 15 is 0 Å². The van der Waals surface area contributed by atoms with Crippen LogP contribution in [0.1, 0.15) is 11.1 Å². The number of carbonyl (C=O) groups is 1. The van der Waals surface area contributed by atoms with Gasteiger partial charge in [0.15, 0.2) is 0 Å². The first-order chi connectivity index (χ1) is 14.1. The molecule has 1 heterocycles. The van der Waals surface area contributed by atoms with Crippen molar-refractivity contribution in [3.63, 3.8) is 0 Å². The number of ether oxygens (including phenoxy) is 1. The summed E-state index contributed by atoms with van der Waals surface area (Å²) >= 11 is 1.44. The first-order valence-corrected chi connectivity index (χ1v) is 9.66. The van der Waals surface area contributed by atoms with Gasteiger partial charge in [-0.1, -0.05) is 36.0 Å². The Bertz CT molecular complexity index is 1090. The number of nitro benzene ring substituents is 1. The second kappa shape index (κ2) is 8.20. The van der Waals surface area contributed by atoms with Gasteiger partial charge in [0.05, 0.1) is 15.5 Å². The number of para-hydroxylation sites is 1. The van der Waals surface area contributed by atoms with Crippen LogP contribution in [0.3, 0.4) is 0 Å². The van der Waals surface area contributed by atoms with E-state index in [9.17, 15) is 14.9 Å². The molecule has 0 radical (unpaired) electrons. The molecule has 3 aromatic rings. The number of thioether (sulfide) groups is 1. The highest BCUT2D eigenvalue weighted by molar-refractivity contribution is 8.04. The lowest BCUT2D eigenvalue weighted by Crippen LogP contribution is -2.17. The van der Waals surface area contributed by atoms with Crippen LogP contribution in [-0.4, -0.2) is 10.8 Å². The third-order valence-electron chi connectivity index (χ3n) is 4.31. The summed E-state index contributed by atoms with van der Waals surface area (Å²) < 4.78 is 5.73. The van der Waals surface area contributed by atoms with Gasteiger partial charge in [-0.25, -0.2) is 0 Å². The smallest absolute Gasteiger partial charge is 0.269 e. The van der Waals surface area contributed by atoms with Gasteiger partial charge in [0.1, 0.15) is 12.4 Å². The molecule has 0 atom stereocenters. The second-order valence-electron chi connectivity index (χ2n) is 6.34. The molecule has 0 fully saturated rings. The van der Waals surface area contributed by atoms with Crippen molar-refractivity contribution < 1.29 is 14.5 Å². The van der Waals surface area contributed by atoms with Crippen molar-refractivity contribution in [2.24, 2.45) is 0 Å². The summed E-state index contributed by atoms with van der Waals surface area (Å²) in [5.41, 5.74) is 2.62. The van der Waals surface area contributed by atoms with E-state index in [1.807, 2.05) is 54.6 Å². The fourth-order valence-corrected chi connectivity index (χ4v) is 3.75. The van der Waals surface area contributed by atoms with Gasteiger partial charge >= 0.3 is 0 Å². The molecule has 0 saturated heterocycles. The molecule has 6 nitrogen and oxygen atoms in total. The van der Waals surface area contributed by atoms with Crippen molar-refractivity contribution in [1.29, 1.82) is 0 Å². The van der Waals surface area contributed by atoms with Crippen LogP contribution >= 0.6 is 11.8 Å². The van der Waals surface area contributed by atoms with Crippen molar-refractivity contribution in [3.8, 4) is 5.75 Å². The lowest BCUT2D eigenvalue weighted by atomic mass is 10.2. The summed E-state index contributed by atoms with van der Waals surface area (Å²) in [7, 11) is 0. The molecule has 1 N–H and O–H groups in total. The molecule has 7 heteroatoms. The fourth-order valence-electron chi connectivity index (χ4n) is 2.79. The summed E-state index contributed by atoms with van der Waals surface area (Å²) in [5, 5.41) is 13.6. The van der Waals surface area contributed by atoms with Crippen molar-refractivity contribution in [2.75, 3.05) is 5.32 Å². The molecule has 1 amide bonds. The molecular formula is C22H16N2O4S. The number of benzene rings is 3. The largest absolute Gasteiger partial charge is 0.489 e. The van der Waals surface area contributed by atoms with E-state index in [0.717, 1.165) is 21.7 Å². The van der Waals surface area contributed by atoms with Crippen LogP contribution in [0.5, 0.6) is 5.75 Å². The van der Waals surface area contributed by atoms with Crippen LogP contribution in [0.4, 0.5) is 11.4 Å². The minimum Gasteiger partial charge on any atom is -0.489 e. The molecule has 0 unspecified atom stereocenters. The number of anilines is 1. The van der Waals surface area contributed by atoms with E-state index in [4.69, 9.17) is 4.74 Å². The number of fused-ring (bicyclic) bond motifs is 1. The molecule has 4 rings (SSSR count). The van der Waals surface area contributed by atoms with Gasteiger partial charge in [-0.05, 0) is 53.6 Å². The molecule has 0 aliphatic carbocycles. The number of amides is 1. The molecule has 144 valence electrons. The number of hydrogen-bond donors (Lipinski definition) is 1. The van der Waals surface area contributed by atoms with Crippen LogP contribution in [0.2, 0.25) is 0 Å². The maximum absolute atomic E-state index is 12.3. The lowest BCUT2D eigenvalue weighted by molar-refractivity contribution is -0.384. The molecular weight excluding hydrogens is 388 g/mol. The standard InChI is InChI=1S/C22H16N2O4S/c25-22-21(29-20-4-2-1-3-19(20)23-22)13-15-7-11-18(12-8-15)28-14-16-5-9-17(10-6-16)24(26)27/h1-13H,14H2,(H,23,25)/b21-13-. The van der Waals surface area contributed by atoms with E-state index in [-0.39, 0.29) is 11.6 Å². The third kappa shape index (κ3) is 4.47. The average Bonchev–Trinajstić information content (AvgIpc) is 2.74. The van der Waals surface area contributed by atoms with Gasteiger partial charge < -0.3 is 10.1 Å². The topological polar surface area (TPSA) is 81.5 Å². The first-order valence-electron chi connectivity index (χ1n) is 8.84. The zero-order valence-corrected chi connectivity index (χ0v) is 16.0. The normalized spacial score (nSPS) is 14.2. The van der Waals surface area contributed by atoms with Crippen LogP contribution < -0.4 is 10.1 Å². The molecule has 29 heavy (non-hydrogen) atoms. The second-order valence-corrected chi connectivity index (χ2v) is 7.43. The summed E-state index contributed by atoms with van der Waals surface area (Å²) in [6, 6.07) is 21.4. The highest BCUT2D eigenvalue weighted by atomic mass is 32.2. The summed E-state index contributed by atoms with van der Waals surface area (Å²) in [4.78, 5) is 24.2. The molecule has 0 saturated carbocycles. The van der Waals surface area contributed by atoms with Crippen LogP contribution in [0.15, 0.2) is 82.6 Å². The number of non-ortho nitro benzene ring substituents is 1. The molecule has 3 aromatic carbocycles. The predicted molar refractivity (Wildman–Crippen MR) is 113 cm³/mol. The first kappa shape index (κ1) is 18.8. The van der Waals surface area contributed by atoms with E-state index in [2.05, 4.69) is 5.32 Å². The van der Waals surface area contributed by atoms with Gasteiger partial charge in [0, 0.05) is 17.0 Å². The molecule has 1 aliphatic heterocycles. The van der Waals surface area contributed by atoms with E-state index < -0.39 is 4.92 Å². The minimum atomic E-state index is -0.429. The van der Waals surface area contributed by atoms with E-state index in [0.29, 0.717) is 17.3 Å². The monoisotopic (exact) mass is 404 g/mol. The fraction of sp³-hybridized carbons (Fsp3) is 0.0455. The van der Waals surface area contributed by atoms with Crippen molar-refractivity contribution in [1.82, 2.24) is 0 Å². The number of nitro groups is 1. The Kier molecular flexibility index (Phi) is 5.31. The van der Waals surface area contributed by atoms with E-state index in [1.165, 1.54) is 23.9 Å². The molecule has 1 aliphatic rings. The number of carbonyl (C=O) groups excluding carboxylic acids is 1. The van der Waals surface area contributed by atoms with Crippen LogP contribution in [0, 0.1) is 10.1 Å². The van der Waals surface area contributed by atoms with Crippen LogP contribution in [-0.2, 0) is 11.4 Å². The lowest BCUT2D eigenvalue weighted by Gasteiger charge is -2.18. The van der Waals surface area contributed by atoms with Crippen molar-refractivity contribution in [2.45, 2.75) is 11.5 Å². The Morgan fingerprint density at radius 2 is 1.72 bits per heavy atom. The quantitative estimate of drug-likeness (QED) is 0.356. The average molecular weight is 404 g/mol.